The summed E-state index contributed by atoms with van der Waals surface area (Å²) in [6.07, 6.45) is 13.3. The van der Waals surface area contributed by atoms with Crippen LogP contribution in [0.5, 0.6) is 0 Å². The van der Waals surface area contributed by atoms with Crippen molar-refractivity contribution in [3.05, 3.63) is 89.3 Å². The summed E-state index contributed by atoms with van der Waals surface area (Å²) in [5.74, 6) is 0.715. The molecule has 0 aliphatic rings. The van der Waals surface area contributed by atoms with E-state index in [1.54, 1.807) is 38.5 Å². The van der Waals surface area contributed by atoms with Gasteiger partial charge in [-0.2, -0.15) is 0 Å². The number of allylic oxidation sites excluding steroid dienone is 5. The van der Waals surface area contributed by atoms with E-state index in [2.05, 4.69) is 62.5 Å². The molecule has 1 amide bonds. The highest BCUT2D eigenvalue weighted by Gasteiger charge is 2.12. The lowest BCUT2D eigenvalue weighted by atomic mass is 9.90. The molecule has 2 aromatic rings. The van der Waals surface area contributed by atoms with E-state index in [0.29, 0.717) is 11.6 Å². The van der Waals surface area contributed by atoms with Crippen molar-refractivity contribution in [2.45, 2.75) is 93.4 Å². The fourth-order valence-electron chi connectivity index (χ4n) is 3.88. The number of hydrogen-bond donors (Lipinski definition) is 1. The van der Waals surface area contributed by atoms with Crippen LogP contribution in [0.15, 0.2) is 77.5 Å². The zero-order valence-corrected chi connectivity index (χ0v) is 27.9. The van der Waals surface area contributed by atoms with Gasteiger partial charge in [-0.15, -0.1) is 0 Å². The predicted molar refractivity (Wildman–Crippen MR) is 184 cm³/mol. The van der Waals surface area contributed by atoms with Gasteiger partial charge in [-0.05, 0) is 73.6 Å². The third kappa shape index (κ3) is 15.8. The second-order valence-electron chi connectivity index (χ2n) is 9.43. The van der Waals surface area contributed by atoms with Crippen molar-refractivity contribution < 1.29 is 4.79 Å². The van der Waals surface area contributed by atoms with Gasteiger partial charge in [0, 0.05) is 38.5 Å². The molecular formula is C36H58N4O. The summed E-state index contributed by atoms with van der Waals surface area (Å²) in [6, 6.07) is 11.9. The molecular weight excluding hydrogens is 504 g/mol. The van der Waals surface area contributed by atoms with E-state index in [-0.39, 0.29) is 5.91 Å². The molecule has 1 heterocycles. The number of anilines is 1. The molecule has 0 unspecified atom stereocenters. The lowest BCUT2D eigenvalue weighted by molar-refractivity contribution is 0.0827. The van der Waals surface area contributed by atoms with Crippen molar-refractivity contribution in [3.8, 4) is 0 Å². The first-order valence-electron chi connectivity index (χ1n) is 15.2. The van der Waals surface area contributed by atoms with E-state index in [1.165, 1.54) is 36.8 Å². The summed E-state index contributed by atoms with van der Waals surface area (Å²) in [5, 5.41) is 0. The van der Waals surface area contributed by atoms with Crippen LogP contribution in [0, 0.1) is 0 Å². The standard InChI is InChI=1S/C16H21N3.C16H25NO.2C2H6/c1-5-12(2)10-13(3)15(8-9-18-4)16-7-6-14(17)11-19-16;1-5-7-13(8-6-2)14-9-11-15(12-10-14)16(18)17(3)4;2*1-2/h6-11H,3,5,17H2,1-2,4H3;9-13H,5-8H2,1-4H3;2*1-2H3/b12-10+,15-8+,18-9?;;;. The molecule has 5 heteroatoms. The number of nitrogen functional groups attached to an aromatic ring is 1. The van der Waals surface area contributed by atoms with Crippen molar-refractivity contribution in [1.29, 1.82) is 0 Å². The molecule has 2 N–H and O–H groups in total. The molecule has 2 rings (SSSR count). The van der Waals surface area contributed by atoms with E-state index in [9.17, 15) is 4.79 Å². The second-order valence-corrected chi connectivity index (χ2v) is 9.43. The molecule has 0 radical (unpaired) electrons. The van der Waals surface area contributed by atoms with Gasteiger partial charge in [0.15, 0.2) is 0 Å². The van der Waals surface area contributed by atoms with Gasteiger partial charge in [0.1, 0.15) is 0 Å². The van der Waals surface area contributed by atoms with Crippen molar-refractivity contribution in [2.24, 2.45) is 4.99 Å². The fourth-order valence-corrected chi connectivity index (χ4v) is 3.88. The highest BCUT2D eigenvalue weighted by molar-refractivity contribution is 5.94. The summed E-state index contributed by atoms with van der Waals surface area (Å²) in [7, 11) is 5.31. The van der Waals surface area contributed by atoms with Gasteiger partial charge in [0.25, 0.3) is 5.91 Å². The summed E-state index contributed by atoms with van der Waals surface area (Å²) in [4.78, 5) is 21.7. The molecule has 1 aromatic carbocycles. The molecule has 228 valence electrons. The summed E-state index contributed by atoms with van der Waals surface area (Å²) in [6.45, 7) is 20.8. The van der Waals surface area contributed by atoms with Gasteiger partial charge < -0.3 is 10.6 Å². The summed E-state index contributed by atoms with van der Waals surface area (Å²) in [5.41, 5.74) is 12.5. The smallest absolute Gasteiger partial charge is 0.253 e. The fraction of sp³-hybridized carbons (Fsp3) is 0.472. The van der Waals surface area contributed by atoms with Crippen LogP contribution >= 0.6 is 0 Å². The number of carbonyl (C=O) groups excluding carboxylic acids is 1. The molecule has 1 aromatic heterocycles. The lowest BCUT2D eigenvalue weighted by Gasteiger charge is -2.16. The first kappa shape index (κ1) is 39.7. The first-order chi connectivity index (χ1) is 19.7. The topological polar surface area (TPSA) is 71.6 Å². The number of benzene rings is 1. The number of pyridine rings is 1. The van der Waals surface area contributed by atoms with Gasteiger partial charge in [-0.25, -0.2) is 0 Å². The number of hydrogen-bond acceptors (Lipinski definition) is 4. The Bertz CT molecular complexity index is 1060. The number of carbonyl (C=O) groups is 1. The highest BCUT2D eigenvalue weighted by atomic mass is 16.2. The van der Waals surface area contributed by atoms with Crippen LogP contribution in [0.1, 0.15) is 115 Å². The van der Waals surface area contributed by atoms with E-state index >= 15 is 0 Å². The molecule has 0 bridgehead atoms. The molecule has 5 nitrogen and oxygen atoms in total. The van der Waals surface area contributed by atoms with Crippen LogP contribution in [0.25, 0.3) is 5.57 Å². The normalized spacial score (nSPS) is 11.0. The van der Waals surface area contributed by atoms with Gasteiger partial charge in [0.05, 0.1) is 17.6 Å². The summed E-state index contributed by atoms with van der Waals surface area (Å²) >= 11 is 0. The second kappa shape index (κ2) is 24.3. The van der Waals surface area contributed by atoms with Crippen LogP contribution in [0.4, 0.5) is 5.69 Å². The molecule has 0 aliphatic heterocycles. The van der Waals surface area contributed by atoms with E-state index in [1.807, 2.05) is 58.0 Å². The SMILES string of the molecule is C=C(/C=C(\C)CC)/C(=C\C=NC)c1ccc(N)cn1.CC.CC.CCCC(CCC)c1ccc(C(=O)N(C)C)cc1. The minimum atomic E-state index is 0.0732. The minimum absolute atomic E-state index is 0.0732. The number of aromatic nitrogens is 1. The lowest BCUT2D eigenvalue weighted by Crippen LogP contribution is -2.21. The van der Waals surface area contributed by atoms with E-state index in [0.717, 1.165) is 28.8 Å². The van der Waals surface area contributed by atoms with Gasteiger partial charge in [-0.1, -0.05) is 91.7 Å². The van der Waals surface area contributed by atoms with Crippen LogP contribution < -0.4 is 5.73 Å². The predicted octanol–water partition coefficient (Wildman–Crippen LogP) is 9.78. The molecule has 41 heavy (non-hydrogen) atoms. The number of amides is 1. The molecule has 0 saturated carbocycles. The summed E-state index contributed by atoms with van der Waals surface area (Å²) < 4.78 is 0. The van der Waals surface area contributed by atoms with Crippen LogP contribution in [0.2, 0.25) is 0 Å². The Hall–Kier alpha value is -3.47. The third-order valence-corrected chi connectivity index (χ3v) is 6.09. The monoisotopic (exact) mass is 562 g/mol. The maximum Gasteiger partial charge on any atom is 0.253 e. The third-order valence-electron chi connectivity index (χ3n) is 6.09. The van der Waals surface area contributed by atoms with Crippen molar-refractivity contribution in [3.63, 3.8) is 0 Å². The number of rotatable bonds is 11. The van der Waals surface area contributed by atoms with Crippen molar-refractivity contribution >= 4 is 23.4 Å². The highest BCUT2D eigenvalue weighted by Crippen LogP contribution is 2.26. The zero-order valence-electron chi connectivity index (χ0n) is 27.9. The first-order valence-corrected chi connectivity index (χ1v) is 15.2. The molecule has 0 spiro atoms. The molecule has 0 aliphatic carbocycles. The minimum Gasteiger partial charge on any atom is -0.397 e. The maximum atomic E-state index is 11.8. The van der Waals surface area contributed by atoms with Crippen LogP contribution in [0.3, 0.4) is 0 Å². The molecule has 0 fully saturated rings. The van der Waals surface area contributed by atoms with Gasteiger partial charge in [0.2, 0.25) is 0 Å². The molecule has 0 saturated heterocycles. The average Bonchev–Trinajstić information content (AvgIpc) is 3.00. The molecule has 0 atom stereocenters. The Labute approximate surface area is 252 Å². The van der Waals surface area contributed by atoms with Gasteiger partial charge >= 0.3 is 0 Å². The number of nitrogens with zero attached hydrogens (tertiary/aromatic N) is 3. The van der Waals surface area contributed by atoms with E-state index in [4.69, 9.17) is 5.73 Å². The Morgan fingerprint density at radius 2 is 1.56 bits per heavy atom. The number of nitrogens with two attached hydrogens (primary N) is 1. The Morgan fingerprint density at radius 1 is 1.00 bits per heavy atom. The van der Waals surface area contributed by atoms with Crippen LogP contribution in [-0.2, 0) is 0 Å². The van der Waals surface area contributed by atoms with Gasteiger partial charge in [-0.3, -0.25) is 14.8 Å². The quantitative estimate of drug-likeness (QED) is 0.219. The number of aliphatic imine (C=N–C) groups is 1. The van der Waals surface area contributed by atoms with Crippen molar-refractivity contribution in [1.82, 2.24) is 9.88 Å². The Balaban J connectivity index is 0. The Morgan fingerprint density at radius 3 is 1.98 bits per heavy atom. The average molecular weight is 563 g/mol. The van der Waals surface area contributed by atoms with Crippen LogP contribution in [-0.4, -0.2) is 43.1 Å². The van der Waals surface area contributed by atoms with Crippen molar-refractivity contribution in [2.75, 3.05) is 26.9 Å². The zero-order chi connectivity index (χ0) is 31.8. The maximum absolute atomic E-state index is 11.8. The Kier molecular flexibility index (Phi) is 23.5. The largest absolute Gasteiger partial charge is 0.397 e. The van der Waals surface area contributed by atoms with E-state index < -0.39 is 0 Å².